The second kappa shape index (κ2) is 6.11. The van der Waals surface area contributed by atoms with Crippen LogP contribution in [0.2, 0.25) is 0 Å². The molecular weight excluding hydrogens is 334 g/mol. The van der Waals surface area contributed by atoms with Gasteiger partial charge in [-0.05, 0) is 30.0 Å². The monoisotopic (exact) mass is 349 g/mol. The first-order valence-corrected chi connectivity index (χ1v) is 8.23. The number of non-ortho nitro benzene ring substituents is 1. The molecule has 0 spiro atoms. The van der Waals surface area contributed by atoms with E-state index in [0.29, 0.717) is 10.9 Å². The lowest BCUT2D eigenvalue weighted by Crippen LogP contribution is -2.28. The van der Waals surface area contributed by atoms with E-state index < -0.39 is 16.4 Å². The van der Waals surface area contributed by atoms with Gasteiger partial charge in [0.2, 0.25) is 5.56 Å². The fraction of sp³-hybridized carbons (Fsp3) is 0.158. The van der Waals surface area contributed by atoms with Gasteiger partial charge in [-0.15, -0.1) is 0 Å². The maximum absolute atomic E-state index is 12.8. The zero-order valence-corrected chi connectivity index (χ0v) is 13.7. The summed E-state index contributed by atoms with van der Waals surface area (Å²) >= 11 is 0. The van der Waals surface area contributed by atoms with E-state index in [1.807, 2.05) is 24.3 Å². The predicted octanol–water partition coefficient (Wildman–Crippen LogP) is 2.85. The number of aromatic amines is 1. The summed E-state index contributed by atoms with van der Waals surface area (Å²) in [7, 11) is 0. The molecule has 0 unspecified atom stereocenters. The van der Waals surface area contributed by atoms with Gasteiger partial charge >= 0.3 is 0 Å². The van der Waals surface area contributed by atoms with Crippen LogP contribution in [-0.2, 0) is 6.42 Å². The number of pyridine rings is 1. The zero-order valence-electron chi connectivity index (χ0n) is 13.7. The molecule has 7 nitrogen and oxygen atoms in total. The van der Waals surface area contributed by atoms with Crippen LogP contribution in [0.3, 0.4) is 0 Å². The first-order chi connectivity index (χ1) is 12.5. The first kappa shape index (κ1) is 16.0. The second-order valence-electron chi connectivity index (χ2n) is 6.30. The average Bonchev–Trinajstić information content (AvgIpc) is 3.03. The van der Waals surface area contributed by atoms with Gasteiger partial charge < -0.3 is 10.3 Å². The lowest BCUT2D eigenvalue weighted by atomic mass is 10.1. The molecule has 2 aromatic carbocycles. The largest absolute Gasteiger partial charge is 0.345 e. The first-order valence-electron chi connectivity index (χ1n) is 8.23. The van der Waals surface area contributed by atoms with Crippen LogP contribution in [0.1, 0.15) is 33.9 Å². The lowest BCUT2D eigenvalue weighted by molar-refractivity contribution is -0.384. The summed E-state index contributed by atoms with van der Waals surface area (Å²) in [6.07, 6.45) is 1.66. The maximum Gasteiger partial charge on any atom is 0.270 e. The highest BCUT2D eigenvalue weighted by Crippen LogP contribution is 2.31. The minimum Gasteiger partial charge on any atom is -0.345 e. The maximum atomic E-state index is 12.8. The molecule has 0 saturated heterocycles. The summed E-state index contributed by atoms with van der Waals surface area (Å²) in [6.45, 7) is 0. The number of nitro benzene ring substituents is 1. The SMILES string of the molecule is O=C(N[C@H]1CCc2ccccc21)c1cc(=O)[nH]c2ccc([N+](=O)[O-])cc12. The summed E-state index contributed by atoms with van der Waals surface area (Å²) in [5.74, 6) is -0.414. The number of amides is 1. The number of rotatable bonds is 3. The molecule has 0 bridgehead atoms. The van der Waals surface area contributed by atoms with Crippen molar-refractivity contribution < 1.29 is 9.72 Å². The molecule has 130 valence electrons. The minimum atomic E-state index is -0.528. The van der Waals surface area contributed by atoms with Gasteiger partial charge in [-0.1, -0.05) is 24.3 Å². The molecule has 3 aromatic rings. The molecule has 0 fully saturated rings. The molecule has 1 amide bonds. The van der Waals surface area contributed by atoms with Crippen molar-refractivity contribution in [3.05, 3.63) is 85.7 Å². The van der Waals surface area contributed by atoms with Crippen LogP contribution in [-0.4, -0.2) is 15.8 Å². The lowest BCUT2D eigenvalue weighted by Gasteiger charge is -2.15. The third kappa shape index (κ3) is 2.73. The van der Waals surface area contributed by atoms with Gasteiger partial charge in [0.15, 0.2) is 0 Å². The number of aryl methyl sites for hydroxylation is 1. The Balaban J connectivity index is 1.74. The molecular formula is C19H15N3O4. The molecule has 7 heteroatoms. The van der Waals surface area contributed by atoms with Gasteiger partial charge in [-0.25, -0.2) is 0 Å². The number of hydrogen-bond acceptors (Lipinski definition) is 4. The van der Waals surface area contributed by atoms with Crippen molar-refractivity contribution in [3.63, 3.8) is 0 Å². The van der Waals surface area contributed by atoms with Crippen LogP contribution in [0.5, 0.6) is 0 Å². The second-order valence-corrected chi connectivity index (χ2v) is 6.30. The Hall–Kier alpha value is -3.48. The Bertz CT molecular complexity index is 1100. The van der Waals surface area contributed by atoms with Crippen molar-refractivity contribution in [2.45, 2.75) is 18.9 Å². The summed E-state index contributed by atoms with van der Waals surface area (Å²) in [5, 5.41) is 14.3. The fourth-order valence-corrected chi connectivity index (χ4v) is 3.49. The highest BCUT2D eigenvalue weighted by molar-refractivity contribution is 6.06. The number of nitrogens with one attached hydrogen (secondary N) is 2. The Morgan fingerprint density at radius 1 is 1.19 bits per heavy atom. The summed E-state index contributed by atoms with van der Waals surface area (Å²) in [5.41, 5.74) is 2.23. The number of carbonyl (C=O) groups excluding carboxylic acids is 1. The highest BCUT2D eigenvalue weighted by Gasteiger charge is 2.25. The molecule has 1 aliphatic rings. The van der Waals surface area contributed by atoms with E-state index in [1.54, 1.807) is 0 Å². The normalized spacial score (nSPS) is 15.6. The summed E-state index contributed by atoms with van der Waals surface area (Å²) < 4.78 is 0. The standard InChI is InChI=1S/C19H15N3O4/c23-18-10-15(14-9-12(22(25)26)6-8-17(14)20-18)19(24)21-16-7-5-11-3-1-2-4-13(11)16/h1-4,6,8-10,16H,5,7H2,(H,20,23)(H,21,24)/t16-/m0/s1. The van der Waals surface area contributed by atoms with Crippen molar-refractivity contribution in [2.75, 3.05) is 0 Å². The smallest absolute Gasteiger partial charge is 0.270 e. The molecule has 0 radical (unpaired) electrons. The molecule has 1 aliphatic carbocycles. The van der Waals surface area contributed by atoms with Gasteiger partial charge in [-0.3, -0.25) is 19.7 Å². The van der Waals surface area contributed by atoms with Gasteiger partial charge in [0.05, 0.1) is 16.5 Å². The van der Waals surface area contributed by atoms with E-state index in [2.05, 4.69) is 10.3 Å². The van der Waals surface area contributed by atoms with Crippen LogP contribution in [0.25, 0.3) is 10.9 Å². The van der Waals surface area contributed by atoms with Crippen molar-refractivity contribution in [2.24, 2.45) is 0 Å². The van der Waals surface area contributed by atoms with Crippen molar-refractivity contribution >= 4 is 22.5 Å². The predicted molar refractivity (Wildman–Crippen MR) is 96.2 cm³/mol. The third-order valence-corrected chi connectivity index (χ3v) is 4.72. The number of fused-ring (bicyclic) bond motifs is 2. The molecule has 0 aliphatic heterocycles. The number of aromatic nitrogens is 1. The zero-order chi connectivity index (χ0) is 18.3. The van der Waals surface area contributed by atoms with Gasteiger partial charge in [-0.2, -0.15) is 0 Å². The number of H-pyrrole nitrogens is 1. The number of nitrogens with zero attached hydrogens (tertiary/aromatic N) is 1. The van der Waals surface area contributed by atoms with Crippen molar-refractivity contribution in [1.29, 1.82) is 0 Å². The van der Waals surface area contributed by atoms with Crippen LogP contribution >= 0.6 is 0 Å². The van der Waals surface area contributed by atoms with E-state index in [1.165, 1.54) is 29.8 Å². The highest BCUT2D eigenvalue weighted by atomic mass is 16.6. The van der Waals surface area contributed by atoms with E-state index >= 15 is 0 Å². The molecule has 26 heavy (non-hydrogen) atoms. The quantitative estimate of drug-likeness (QED) is 0.560. The number of benzene rings is 2. The van der Waals surface area contributed by atoms with E-state index in [9.17, 15) is 19.7 Å². The average molecular weight is 349 g/mol. The molecule has 0 saturated carbocycles. The van der Waals surface area contributed by atoms with Gasteiger partial charge in [0.25, 0.3) is 11.6 Å². The van der Waals surface area contributed by atoms with Crippen LogP contribution in [0.4, 0.5) is 5.69 Å². The Morgan fingerprint density at radius 3 is 2.81 bits per heavy atom. The van der Waals surface area contributed by atoms with Gasteiger partial charge in [0, 0.05) is 29.1 Å². The Kier molecular flexibility index (Phi) is 3.76. The number of hydrogen-bond donors (Lipinski definition) is 2. The van der Waals surface area contributed by atoms with E-state index in [4.69, 9.17) is 0 Å². The van der Waals surface area contributed by atoms with E-state index in [0.717, 1.165) is 18.4 Å². The number of nitro groups is 1. The Labute approximate surface area is 147 Å². The summed E-state index contributed by atoms with van der Waals surface area (Å²) in [4.78, 5) is 37.8. The van der Waals surface area contributed by atoms with Crippen molar-refractivity contribution in [3.8, 4) is 0 Å². The molecule has 1 heterocycles. The van der Waals surface area contributed by atoms with Crippen LogP contribution in [0.15, 0.2) is 53.3 Å². The van der Waals surface area contributed by atoms with E-state index in [-0.39, 0.29) is 17.3 Å². The summed E-state index contributed by atoms with van der Waals surface area (Å²) in [6, 6.07) is 13.0. The van der Waals surface area contributed by atoms with Crippen LogP contribution < -0.4 is 10.9 Å². The minimum absolute atomic E-state index is 0.133. The Morgan fingerprint density at radius 2 is 2.00 bits per heavy atom. The molecule has 2 N–H and O–H groups in total. The molecule has 1 atom stereocenters. The molecule has 1 aromatic heterocycles. The number of carbonyl (C=O) groups is 1. The fourth-order valence-electron chi connectivity index (χ4n) is 3.49. The topological polar surface area (TPSA) is 105 Å². The van der Waals surface area contributed by atoms with Gasteiger partial charge in [0.1, 0.15) is 0 Å². The van der Waals surface area contributed by atoms with Crippen LogP contribution in [0, 0.1) is 10.1 Å². The third-order valence-electron chi connectivity index (χ3n) is 4.72. The molecule has 4 rings (SSSR count). The van der Waals surface area contributed by atoms with Crippen molar-refractivity contribution in [1.82, 2.24) is 10.3 Å².